The van der Waals surface area contributed by atoms with Gasteiger partial charge in [0.2, 0.25) is 0 Å². The summed E-state index contributed by atoms with van der Waals surface area (Å²) in [6.45, 7) is 1.95. The van der Waals surface area contributed by atoms with Crippen molar-refractivity contribution in [1.82, 2.24) is 14.5 Å². The molecule has 100 valence electrons. The van der Waals surface area contributed by atoms with Crippen LogP contribution in [0.25, 0.3) is 11.0 Å². The molecule has 0 saturated carbocycles. The number of aromatic nitrogens is 3. The number of pyridine rings is 1. The molecule has 0 aliphatic carbocycles. The Kier molecular flexibility index (Phi) is 3.74. The summed E-state index contributed by atoms with van der Waals surface area (Å²) in [6.07, 6.45) is 1.46. The van der Waals surface area contributed by atoms with Crippen LogP contribution in [0.1, 0.15) is 13.3 Å². The van der Waals surface area contributed by atoms with Gasteiger partial charge in [-0.15, -0.1) is 0 Å². The van der Waals surface area contributed by atoms with E-state index in [1.54, 1.807) is 19.1 Å². The molecule has 0 fully saturated rings. The van der Waals surface area contributed by atoms with E-state index in [0.717, 1.165) is 4.57 Å². The molecule has 0 spiro atoms. The minimum absolute atomic E-state index is 0.0160. The lowest BCUT2D eigenvalue weighted by atomic mass is 10.3. The first-order chi connectivity index (χ1) is 9.13. The van der Waals surface area contributed by atoms with Crippen molar-refractivity contribution in [3.05, 3.63) is 39.2 Å². The maximum Gasteiger partial charge on any atom is 0.330 e. The zero-order valence-electron chi connectivity index (χ0n) is 10.4. The van der Waals surface area contributed by atoms with Crippen LogP contribution in [0.15, 0.2) is 27.9 Å². The van der Waals surface area contributed by atoms with Gasteiger partial charge in [0, 0.05) is 12.7 Å². The monoisotopic (exact) mass is 263 g/mol. The van der Waals surface area contributed by atoms with E-state index in [2.05, 4.69) is 9.97 Å². The van der Waals surface area contributed by atoms with Gasteiger partial charge in [-0.25, -0.2) is 9.78 Å². The first kappa shape index (κ1) is 13.0. The largest absolute Gasteiger partial charge is 0.466 e. The molecule has 0 atom stereocenters. The van der Waals surface area contributed by atoms with Crippen LogP contribution in [-0.2, 0) is 16.1 Å². The predicted molar refractivity (Wildman–Crippen MR) is 67.9 cm³/mol. The number of nitrogens with zero attached hydrogens (tertiary/aromatic N) is 2. The van der Waals surface area contributed by atoms with E-state index in [0.29, 0.717) is 5.39 Å². The van der Waals surface area contributed by atoms with Crippen LogP contribution in [0.5, 0.6) is 0 Å². The topological polar surface area (TPSA) is 94.1 Å². The summed E-state index contributed by atoms with van der Waals surface area (Å²) in [5.74, 6) is -0.444. The maximum atomic E-state index is 12.1. The highest BCUT2D eigenvalue weighted by Gasteiger charge is 2.10. The average molecular weight is 263 g/mol. The number of rotatable bonds is 4. The molecule has 2 aromatic heterocycles. The number of fused-ring (bicyclic) bond motifs is 1. The summed E-state index contributed by atoms with van der Waals surface area (Å²) >= 11 is 0. The van der Waals surface area contributed by atoms with Crippen LogP contribution in [0.4, 0.5) is 0 Å². The van der Waals surface area contributed by atoms with Gasteiger partial charge in [-0.1, -0.05) is 0 Å². The Morgan fingerprint density at radius 3 is 3.00 bits per heavy atom. The summed E-state index contributed by atoms with van der Waals surface area (Å²) in [4.78, 5) is 41.5. The van der Waals surface area contributed by atoms with Crippen molar-refractivity contribution < 1.29 is 9.53 Å². The highest BCUT2D eigenvalue weighted by molar-refractivity contribution is 5.72. The van der Waals surface area contributed by atoms with Crippen LogP contribution >= 0.6 is 0 Å². The maximum absolute atomic E-state index is 12.1. The number of hydrogen-bond donors (Lipinski definition) is 1. The zero-order valence-corrected chi connectivity index (χ0v) is 10.4. The first-order valence-electron chi connectivity index (χ1n) is 5.87. The smallest absolute Gasteiger partial charge is 0.330 e. The van der Waals surface area contributed by atoms with Crippen molar-refractivity contribution in [2.75, 3.05) is 6.61 Å². The second-order valence-corrected chi connectivity index (χ2v) is 3.84. The van der Waals surface area contributed by atoms with Crippen LogP contribution in [0.2, 0.25) is 0 Å². The summed E-state index contributed by atoms with van der Waals surface area (Å²) in [5.41, 5.74) is -0.804. The number of carbonyl (C=O) groups is 1. The lowest BCUT2D eigenvalue weighted by Gasteiger charge is -2.05. The van der Waals surface area contributed by atoms with E-state index >= 15 is 0 Å². The fourth-order valence-corrected chi connectivity index (χ4v) is 1.72. The SMILES string of the molecule is CCOC(=O)CCn1c(=O)[nH]c2ncccc2c1=O. The first-order valence-corrected chi connectivity index (χ1v) is 5.87. The van der Waals surface area contributed by atoms with Gasteiger partial charge < -0.3 is 4.74 Å². The fourth-order valence-electron chi connectivity index (χ4n) is 1.72. The number of esters is 1. The van der Waals surface area contributed by atoms with Crippen molar-refractivity contribution in [1.29, 1.82) is 0 Å². The molecule has 0 radical (unpaired) electrons. The molecule has 7 heteroatoms. The van der Waals surface area contributed by atoms with Crippen molar-refractivity contribution in [3.63, 3.8) is 0 Å². The predicted octanol–water partition coefficient (Wildman–Crippen LogP) is 0.0380. The summed E-state index contributed by atoms with van der Waals surface area (Å²) in [6, 6.07) is 3.18. The zero-order chi connectivity index (χ0) is 13.8. The minimum Gasteiger partial charge on any atom is -0.466 e. The summed E-state index contributed by atoms with van der Waals surface area (Å²) in [5, 5.41) is 0.311. The molecule has 0 aromatic carbocycles. The Morgan fingerprint density at radius 1 is 1.47 bits per heavy atom. The van der Waals surface area contributed by atoms with Crippen molar-refractivity contribution in [2.45, 2.75) is 19.9 Å². The van der Waals surface area contributed by atoms with Crippen LogP contribution < -0.4 is 11.2 Å². The quantitative estimate of drug-likeness (QED) is 0.786. The van der Waals surface area contributed by atoms with E-state index in [9.17, 15) is 14.4 Å². The number of hydrogen-bond acceptors (Lipinski definition) is 5. The van der Waals surface area contributed by atoms with Gasteiger partial charge in [-0.3, -0.25) is 19.1 Å². The van der Waals surface area contributed by atoms with E-state index < -0.39 is 17.2 Å². The Morgan fingerprint density at radius 2 is 2.26 bits per heavy atom. The third-order valence-corrected chi connectivity index (χ3v) is 2.60. The van der Waals surface area contributed by atoms with Crippen LogP contribution in [-0.4, -0.2) is 27.1 Å². The van der Waals surface area contributed by atoms with Crippen molar-refractivity contribution >= 4 is 17.0 Å². The van der Waals surface area contributed by atoms with E-state index in [-0.39, 0.29) is 25.2 Å². The fraction of sp³-hybridized carbons (Fsp3) is 0.333. The van der Waals surface area contributed by atoms with Crippen LogP contribution in [0, 0.1) is 0 Å². The molecular weight excluding hydrogens is 250 g/mol. The molecule has 2 rings (SSSR count). The molecule has 0 bridgehead atoms. The molecule has 2 heterocycles. The minimum atomic E-state index is -0.583. The average Bonchev–Trinajstić information content (AvgIpc) is 2.39. The standard InChI is InChI=1S/C12H13N3O4/c1-2-19-9(16)5-7-15-11(17)8-4-3-6-13-10(8)14-12(15)18/h3-4,6H,2,5,7H2,1H3,(H,13,14,18). The number of carbonyl (C=O) groups excluding carboxylic acids is 1. The molecule has 0 aliphatic heterocycles. The molecule has 1 N–H and O–H groups in total. The molecule has 0 unspecified atom stereocenters. The van der Waals surface area contributed by atoms with Gasteiger partial charge in [-0.2, -0.15) is 0 Å². The molecule has 0 amide bonds. The van der Waals surface area contributed by atoms with Gasteiger partial charge in [0.05, 0.1) is 18.4 Å². The molecule has 0 aliphatic rings. The van der Waals surface area contributed by atoms with Gasteiger partial charge >= 0.3 is 11.7 Å². The Hall–Kier alpha value is -2.44. The van der Waals surface area contributed by atoms with E-state index in [1.807, 2.05) is 0 Å². The lowest BCUT2D eigenvalue weighted by molar-refractivity contribution is -0.143. The van der Waals surface area contributed by atoms with Gasteiger partial charge in [-0.05, 0) is 19.1 Å². The lowest BCUT2D eigenvalue weighted by Crippen LogP contribution is -2.36. The highest BCUT2D eigenvalue weighted by Crippen LogP contribution is 1.99. The number of ether oxygens (including phenoxy) is 1. The molecule has 7 nitrogen and oxygen atoms in total. The van der Waals surface area contributed by atoms with E-state index in [1.165, 1.54) is 6.20 Å². The Bertz CT molecular complexity index is 717. The Labute approximate surface area is 107 Å². The third kappa shape index (κ3) is 2.70. The van der Waals surface area contributed by atoms with Crippen molar-refractivity contribution in [3.8, 4) is 0 Å². The number of aromatic amines is 1. The third-order valence-electron chi connectivity index (χ3n) is 2.60. The van der Waals surface area contributed by atoms with Gasteiger partial charge in [0.25, 0.3) is 5.56 Å². The Balaban J connectivity index is 2.36. The second kappa shape index (κ2) is 5.47. The number of H-pyrrole nitrogens is 1. The van der Waals surface area contributed by atoms with Crippen LogP contribution in [0.3, 0.4) is 0 Å². The molecule has 19 heavy (non-hydrogen) atoms. The summed E-state index contributed by atoms with van der Waals surface area (Å²) < 4.78 is 5.73. The highest BCUT2D eigenvalue weighted by atomic mass is 16.5. The van der Waals surface area contributed by atoms with Gasteiger partial charge in [0.1, 0.15) is 5.65 Å². The van der Waals surface area contributed by atoms with Crippen molar-refractivity contribution in [2.24, 2.45) is 0 Å². The molecule has 0 saturated heterocycles. The molecule has 2 aromatic rings. The summed E-state index contributed by atoms with van der Waals surface area (Å²) in [7, 11) is 0. The number of nitrogens with one attached hydrogen (secondary N) is 1. The van der Waals surface area contributed by atoms with Gasteiger partial charge in [0.15, 0.2) is 0 Å². The second-order valence-electron chi connectivity index (χ2n) is 3.84. The molecular formula is C12H13N3O4. The van der Waals surface area contributed by atoms with E-state index in [4.69, 9.17) is 4.74 Å². The normalized spacial score (nSPS) is 10.6.